The van der Waals surface area contributed by atoms with Crippen LogP contribution in [0.25, 0.3) is 0 Å². The van der Waals surface area contributed by atoms with E-state index in [2.05, 4.69) is 24.4 Å². The van der Waals surface area contributed by atoms with E-state index in [1.54, 1.807) is 18.4 Å². The zero-order valence-electron chi connectivity index (χ0n) is 11.1. The van der Waals surface area contributed by atoms with Gasteiger partial charge in [0, 0.05) is 23.3 Å². The maximum absolute atomic E-state index is 11.9. The van der Waals surface area contributed by atoms with Crippen molar-refractivity contribution >= 4 is 17.2 Å². The molecule has 0 spiro atoms. The van der Waals surface area contributed by atoms with Gasteiger partial charge in [0.05, 0.1) is 12.1 Å². The van der Waals surface area contributed by atoms with Crippen LogP contribution in [0.1, 0.15) is 35.4 Å². The van der Waals surface area contributed by atoms with Gasteiger partial charge < -0.3 is 10.1 Å². The molecule has 0 aliphatic heterocycles. The van der Waals surface area contributed by atoms with E-state index in [0.717, 1.165) is 19.3 Å². The third-order valence-electron chi connectivity index (χ3n) is 3.53. The number of aryl methyl sites for hydroxylation is 2. The van der Waals surface area contributed by atoms with Crippen LogP contribution in [0.15, 0.2) is 12.1 Å². The zero-order valence-corrected chi connectivity index (χ0v) is 11.9. The summed E-state index contributed by atoms with van der Waals surface area (Å²) in [7, 11) is 1.70. The van der Waals surface area contributed by atoms with E-state index >= 15 is 0 Å². The first-order chi connectivity index (χ1) is 8.63. The predicted octanol–water partition coefficient (Wildman–Crippen LogP) is 2.67. The Kier molecular flexibility index (Phi) is 4.40. The minimum Gasteiger partial charge on any atom is -0.382 e. The first-order valence-electron chi connectivity index (χ1n) is 6.49. The van der Waals surface area contributed by atoms with Crippen molar-refractivity contribution in [1.29, 1.82) is 0 Å². The summed E-state index contributed by atoms with van der Waals surface area (Å²) in [5.74, 6) is 0.151. The number of ether oxygens (including phenoxy) is 1. The van der Waals surface area contributed by atoms with Crippen LogP contribution in [0.4, 0.5) is 0 Å². The van der Waals surface area contributed by atoms with Gasteiger partial charge in [-0.05, 0) is 44.7 Å². The molecule has 0 atom stereocenters. The average Bonchev–Trinajstić information content (AvgIpc) is 2.70. The number of amides is 1. The van der Waals surface area contributed by atoms with Gasteiger partial charge in [0.1, 0.15) is 0 Å². The largest absolute Gasteiger partial charge is 0.382 e. The lowest BCUT2D eigenvalue weighted by Gasteiger charge is -2.42. The predicted molar refractivity (Wildman–Crippen MR) is 74.0 cm³/mol. The summed E-state index contributed by atoms with van der Waals surface area (Å²) < 4.78 is 5.20. The van der Waals surface area contributed by atoms with E-state index in [9.17, 15) is 4.79 Å². The average molecular weight is 267 g/mol. The second-order valence-electron chi connectivity index (χ2n) is 5.13. The van der Waals surface area contributed by atoms with Gasteiger partial charge in [-0.15, -0.1) is 11.3 Å². The Morgan fingerprint density at radius 3 is 2.78 bits per heavy atom. The molecule has 1 heterocycles. The minimum atomic E-state index is -0.0722. The van der Waals surface area contributed by atoms with Crippen molar-refractivity contribution < 1.29 is 9.53 Å². The lowest BCUT2D eigenvalue weighted by Crippen LogP contribution is -2.56. The minimum absolute atomic E-state index is 0.0722. The van der Waals surface area contributed by atoms with Crippen molar-refractivity contribution in [3.05, 3.63) is 21.9 Å². The van der Waals surface area contributed by atoms with Crippen LogP contribution in [0, 0.1) is 6.92 Å². The van der Waals surface area contributed by atoms with Crippen LogP contribution in [-0.2, 0) is 16.0 Å². The molecule has 1 aliphatic rings. The number of nitrogens with one attached hydrogen (secondary N) is 1. The summed E-state index contributed by atoms with van der Waals surface area (Å²) in [6.45, 7) is 2.73. The highest BCUT2D eigenvalue weighted by molar-refractivity contribution is 7.11. The highest BCUT2D eigenvalue weighted by atomic mass is 32.1. The first-order valence-corrected chi connectivity index (χ1v) is 7.30. The molecular formula is C14H21NO2S. The molecule has 3 nitrogen and oxygen atoms in total. The number of rotatable bonds is 6. The molecule has 1 aromatic heterocycles. The standard InChI is InChI=1S/C14H21NO2S/c1-11-4-5-12(18-11)6-7-13(16)15-14(10-17-2)8-3-9-14/h4-5H,3,6-10H2,1-2H3,(H,15,16). The number of carbonyl (C=O) groups excluding carboxylic acids is 1. The maximum Gasteiger partial charge on any atom is 0.220 e. The normalized spacial score (nSPS) is 17.2. The van der Waals surface area contributed by atoms with Crippen LogP contribution in [-0.4, -0.2) is 25.2 Å². The fourth-order valence-electron chi connectivity index (χ4n) is 2.40. The van der Waals surface area contributed by atoms with Crippen molar-refractivity contribution in [2.24, 2.45) is 0 Å². The molecule has 2 rings (SSSR count). The quantitative estimate of drug-likeness (QED) is 0.860. The second kappa shape index (κ2) is 5.85. The molecule has 0 aromatic carbocycles. The highest BCUT2D eigenvalue weighted by Gasteiger charge is 2.38. The summed E-state index contributed by atoms with van der Waals surface area (Å²) in [5, 5.41) is 3.15. The SMILES string of the molecule is COCC1(NC(=O)CCc2ccc(C)s2)CCC1. The van der Waals surface area contributed by atoms with Crippen molar-refractivity contribution in [3.63, 3.8) is 0 Å². The smallest absolute Gasteiger partial charge is 0.220 e. The molecule has 1 aromatic rings. The fourth-order valence-corrected chi connectivity index (χ4v) is 3.29. The lowest BCUT2D eigenvalue weighted by molar-refractivity contribution is -0.125. The Morgan fingerprint density at radius 1 is 1.50 bits per heavy atom. The monoisotopic (exact) mass is 267 g/mol. The van der Waals surface area contributed by atoms with E-state index in [1.807, 2.05) is 0 Å². The fraction of sp³-hybridized carbons (Fsp3) is 0.643. The van der Waals surface area contributed by atoms with E-state index in [-0.39, 0.29) is 11.4 Å². The Morgan fingerprint density at radius 2 is 2.28 bits per heavy atom. The van der Waals surface area contributed by atoms with Gasteiger partial charge in [0.25, 0.3) is 0 Å². The van der Waals surface area contributed by atoms with Crippen LogP contribution in [0.2, 0.25) is 0 Å². The topological polar surface area (TPSA) is 38.3 Å². The molecule has 1 aliphatic carbocycles. The maximum atomic E-state index is 11.9. The number of hydrogen-bond acceptors (Lipinski definition) is 3. The highest BCUT2D eigenvalue weighted by Crippen LogP contribution is 2.32. The lowest BCUT2D eigenvalue weighted by atomic mass is 9.77. The van der Waals surface area contributed by atoms with Crippen LogP contribution in [0.5, 0.6) is 0 Å². The third-order valence-corrected chi connectivity index (χ3v) is 4.59. The molecule has 18 heavy (non-hydrogen) atoms. The molecule has 1 amide bonds. The summed E-state index contributed by atoms with van der Waals surface area (Å²) >= 11 is 1.77. The van der Waals surface area contributed by atoms with Gasteiger partial charge in [-0.25, -0.2) is 0 Å². The molecule has 1 N–H and O–H groups in total. The third kappa shape index (κ3) is 3.33. The molecule has 0 bridgehead atoms. The number of carbonyl (C=O) groups is 1. The van der Waals surface area contributed by atoms with Gasteiger partial charge in [0.15, 0.2) is 0 Å². The zero-order chi connectivity index (χ0) is 13.0. The molecule has 0 saturated heterocycles. The van der Waals surface area contributed by atoms with Gasteiger partial charge in [-0.1, -0.05) is 0 Å². The summed E-state index contributed by atoms with van der Waals surface area (Å²) in [6.07, 6.45) is 4.70. The van der Waals surface area contributed by atoms with Crippen molar-refractivity contribution in [1.82, 2.24) is 5.32 Å². The molecule has 1 fully saturated rings. The molecular weight excluding hydrogens is 246 g/mol. The Hall–Kier alpha value is -0.870. The molecule has 0 radical (unpaired) electrons. The number of hydrogen-bond donors (Lipinski definition) is 1. The van der Waals surface area contributed by atoms with Crippen LogP contribution < -0.4 is 5.32 Å². The number of thiophene rings is 1. The summed E-state index contributed by atoms with van der Waals surface area (Å²) in [5.41, 5.74) is -0.0722. The Balaban J connectivity index is 1.78. The second-order valence-corrected chi connectivity index (χ2v) is 6.50. The number of methoxy groups -OCH3 is 1. The molecule has 4 heteroatoms. The van der Waals surface area contributed by atoms with Crippen molar-refractivity contribution in [2.75, 3.05) is 13.7 Å². The van der Waals surface area contributed by atoms with Gasteiger partial charge in [0.2, 0.25) is 5.91 Å². The Bertz CT molecular complexity index is 410. The van der Waals surface area contributed by atoms with E-state index in [0.29, 0.717) is 13.0 Å². The van der Waals surface area contributed by atoms with Crippen LogP contribution in [0.3, 0.4) is 0 Å². The summed E-state index contributed by atoms with van der Waals surface area (Å²) in [6, 6.07) is 4.22. The molecule has 1 saturated carbocycles. The first kappa shape index (κ1) is 13.6. The Labute approximate surface area is 113 Å². The van der Waals surface area contributed by atoms with Gasteiger partial charge in [-0.2, -0.15) is 0 Å². The van der Waals surface area contributed by atoms with E-state index in [4.69, 9.17) is 4.74 Å². The molecule has 100 valence electrons. The van der Waals surface area contributed by atoms with Gasteiger partial charge >= 0.3 is 0 Å². The van der Waals surface area contributed by atoms with E-state index in [1.165, 1.54) is 16.2 Å². The van der Waals surface area contributed by atoms with E-state index < -0.39 is 0 Å². The van der Waals surface area contributed by atoms with Crippen molar-refractivity contribution in [2.45, 2.75) is 44.6 Å². The molecule has 0 unspecified atom stereocenters. The summed E-state index contributed by atoms with van der Waals surface area (Å²) in [4.78, 5) is 14.5. The van der Waals surface area contributed by atoms with Gasteiger partial charge in [-0.3, -0.25) is 4.79 Å². The van der Waals surface area contributed by atoms with Crippen LogP contribution >= 0.6 is 11.3 Å². The van der Waals surface area contributed by atoms with Crippen molar-refractivity contribution in [3.8, 4) is 0 Å².